The molecule has 26 heavy (non-hydrogen) atoms. The highest BCUT2D eigenvalue weighted by Gasteiger charge is 2.20. The van der Waals surface area contributed by atoms with Gasteiger partial charge in [-0.3, -0.25) is 14.3 Å². The van der Waals surface area contributed by atoms with Crippen molar-refractivity contribution in [2.45, 2.75) is 19.4 Å². The molecule has 0 atom stereocenters. The Bertz CT molecular complexity index is 998. The van der Waals surface area contributed by atoms with Crippen molar-refractivity contribution in [2.24, 2.45) is 0 Å². The number of rotatable bonds is 4. The van der Waals surface area contributed by atoms with Crippen LogP contribution in [0.15, 0.2) is 41.3 Å². The molecule has 4 rings (SSSR count). The van der Waals surface area contributed by atoms with E-state index in [1.54, 1.807) is 13.3 Å². The van der Waals surface area contributed by atoms with Crippen molar-refractivity contribution in [1.29, 1.82) is 0 Å². The molecule has 1 N–H and O–H groups in total. The molecule has 7 nitrogen and oxygen atoms in total. The molecule has 1 aromatic carbocycles. The molecular formula is C19H20N4O3. The lowest BCUT2D eigenvalue weighted by molar-refractivity contribution is -0.130. The first-order valence-electron chi connectivity index (χ1n) is 8.66. The van der Waals surface area contributed by atoms with Crippen molar-refractivity contribution in [1.82, 2.24) is 19.4 Å². The van der Waals surface area contributed by atoms with Crippen molar-refractivity contribution < 1.29 is 9.53 Å². The molecule has 0 radical (unpaired) electrons. The Morgan fingerprint density at radius 3 is 2.62 bits per heavy atom. The Balaban J connectivity index is 1.70. The third kappa shape index (κ3) is 2.96. The molecule has 1 fully saturated rings. The van der Waals surface area contributed by atoms with E-state index in [-0.39, 0.29) is 18.1 Å². The van der Waals surface area contributed by atoms with Crippen LogP contribution in [0.3, 0.4) is 0 Å². The van der Waals surface area contributed by atoms with Crippen LogP contribution < -0.4 is 10.4 Å². The summed E-state index contributed by atoms with van der Waals surface area (Å²) in [6, 6.07) is 9.51. The fraction of sp³-hybridized carbons (Fsp3) is 0.316. The molecular weight excluding hydrogens is 332 g/mol. The Labute approximate surface area is 150 Å². The number of hydrogen-bond donors (Lipinski definition) is 1. The van der Waals surface area contributed by atoms with E-state index in [9.17, 15) is 9.59 Å². The standard InChI is InChI=1S/C19H20N4O3/c1-26-15-6-4-13(5-7-15)14-10-16-18(20-11-14)21-19(25)23(16)12-17(24)22-8-2-3-9-22/h4-7,10-11H,2-3,8-9,12H2,1H3,(H,20,21,25). The van der Waals surface area contributed by atoms with E-state index >= 15 is 0 Å². The first-order valence-corrected chi connectivity index (χ1v) is 8.66. The Morgan fingerprint density at radius 2 is 1.92 bits per heavy atom. The van der Waals surface area contributed by atoms with Gasteiger partial charge < -0.3 is 9.64 Å². The van der Waals surface area contributed by atoms with Gasteiger partial charge in [0.2, 0.25) is 5.91 Å². The minimum absolute atomic E-state index is 0.0275. The highest BCUT2D eigenvalue weighted by Crippen LogP contribution is 2.24. The van der Waals surface area contributed by atoms with Crippen molar-refractivity contribution in [2.75, 3.05) is 20.2 Å². The number of imidazole rings is 1. The first-order chi connectivity index (χ1) is 12.7. The molecule has 7 heteroatoms. The van der Waals surface area contributed by atoms with Gasteiger partial charge in [0.15, 0.2) is 5.65 Å². The van der Waals surface area contributed by atoms with E-state index in [0.717, 1.165) is 42.8 Å². The van der Waals surface area contributed by atoms with Gasteiger partial charge in [0, 0.05) is 24.8 Å². The van der Waals surface area contributed by atoms with Gasteiger partial charge in [0.1, 0.15) is 12.3 Å². The van der Waals surface area contributed by atoms with Crippen molar-refractivity contribution >= 4 is 17.1 Å². The molecule has 0 saturated carbocycles. The predicted octanol–water partition coefficient (Wildman–Crippen LogP) is 2.02. The van der Waals surface area contributed by atoms with Crippen LogP contribution in [0.4, 0.5) is 0 Å². The number of aromatic nitrogens is 3. The predicted molar refractivity (Wildman–Crippen MR) is 98.2 cm³/mol. The number of hydrogen-bond acceptors (Lipinski definition) is 4. The lowest BCUT2D eigenvalue weighted by Gasteiger charge is -2.15. The number of benzene rings is 1. The molecule has 0 spiro atoms. The molecule has 3 heterocycles. The molecule has 134 valence electrons. The number of pyridine rings is 1. The number of nitrogens with zero attached hydrogens (tertiary/aromatic N) is 3. The van der Waals surface area contributed by atoms with Crippen LogP contribution >= 0.6 is 0 Å². The average molecular weight is 352 g/mol. The van der Waals surface area contributed by atoms with Gasteiger partial charge in [-0.25, -0.2) is 9.78 Å². The first kappa shape index (κ1) is 16.4. The summed E-state index contributed by atoms with van der Waals surface area (Å²) in [5, 5.41) is 0. The second-order valence-electron chi connectivity index (χ2n) is 6.42. The van der Waals surface area contributed by atoms with E-state index in [2.05, 4.69) is 9.97 Å². The number of H-pyrrole nitrogens is 1. The fourth-order valence-electron chi connectivity index (χ4n) is 3.33. The average Bonchev–Trinajstić information content (AvgIpc) is 3.30. The van der Waals surface area contributed by atoms with Crippen LogP contribution in [0.1, 0.15) is 12.8 Å². The number of ether oxygens (including phenoxy) is 1. The largest absolute Gasteiger partial charge is 0.497 e. The third-order valence-electron chi connectivity index (χ3n) is 4.80. The monoisotopic (exact) mass is 352 g/mol. The smallest absolute Gasteiger partial charge is 0.328 e. The number of amides is 1. The van der Waals surface area contributed by atoms with E-state index in [1.165, 1.54) is 4.57 Å². The van der Waals surface area contributed by atoms with Gasteiger partial charge in [0.05, 0.1) is 12.6 Å². The topological polar surface area (TPSA) is 80.2 Å². The number of aromatic amines is 1. The molecule has 2 aromatic heterocycles. The maximum absolute atomic E-state index is 12.5. The van der Waals surface area contributed by atoms with Crippen LogP contribution in [0.2, 0.25) is 0 Å². The fourth-order valence-corrected chi connectivity index (χ4v) is 3.33. The minimum atomic E-state index is -0.313. The molecule has 0 unspecified atom stereocenters. The van der Waals surface area contributed by atoms with E-state index in [4.69, 9.17) is 4.74 Å². The molecule has 3 aromatic rings. The number of carbonyl (C=O) groups excluding carboxylic acids is 1. The van der Waals surface area contributed by atoms with E-state index < -0.39 is 0 Å². The van der Waals surface area contributed by atoms with Crippen LogP contribution in [-0.2, 0) is 11.3 Å². The number of carbonyl (C=O) groups is 1. The minimum Gasteiger partial charge on any atom is -0.497 e. The van der Waals surface area contributed by atoms with E-state index in [1.807, 2.05) is 35.2 Å². The Kier molecular flexibility index (Phi) is 4.20. The lowest BCUT2D eigenvalue weighted by atomic mass is 10.1. The summed E-state index contributed by atoms with van der Waals surface area (Å²) in [5.41, 5.74) is 2.65. The zero-order valence-corrected chi connectivity index (χ0v) is 14.6. The summed E-state index contributed by atoms with van der Waals surface area (Å²) < 4.78 is 6.65. The second kappa shape index (κ2) is 6.67. The van der Waals surface area contributed by atoms with Gasteiger partial charge in [-0.1, -0.05) is 12.1 Å². The van der Waals surface area contributed by atoms with E-state index in [0.29, 0.717) is 11.2 Å². The van der Waals surface area contributed by atoms with Gasteiger partial charge in [-0.05, 0) is 36.6 Å². The van der Waals surface area contributed by atoms with Crippen LogP contribution in [0.25, 0.3) is 22.3 Å². The highest BCUT2D eigenvalue weighted by molar-refractivity contribution is 5.82. The van der Waals surface area contributed by atoms with Gasteiger partial charge >= 0.3 is 5.69 Å². The van der Waals surface area contributed by atoms with Crippen molar-refractivity contribution in [3.05, 3.63) is 47.0 Å². The summed E-state index contributed by atoms with van der Waals surface area (Å²) in [5.74, 6) is 0.748. The molecule has 0 aliphatic carbocycles. The van der Waals surface area contributed by atoms with Crippen molar-refractivity contribution in [3.63, 3.8) is 0 Å². The second-order valence-corrected chi connectivity index (χ2v) is 6.42. The SMILES string of the molecule is COc1ccc(-c2cnc3[nH]c(=O)n(CC(=O)N4CCCC4)c3c2)cc1. The highest BCUT2D eigenvalue weighted by atomic mass is 16.5. The molecule has 1 saturated heterocycles. The van der Waals surface area contributed by atoms with Gasteiger partial charge in [0.25, 0.3) is 0 Å². The molecule has 1 aliphatic rings. The zero-order valence-electron chi connectivity index (χ0n) is 14.6. The van der Waals surface area contributed by atoms with Crippen LogP contribution in [-0.4, -0.2) is 45.5 Å². The number of methoxy groups -OCH3 is 1. The van der Waals surface area contributed by atoms with Crippen LogP contribution in [0, 0.1) is 0 Å². The molecule has 0 bridgehead atoms. The molecule has 1 amide bonds. The summed E-state index contributed by atoms with van der Waals surface area (Å²) in [6.07, 6.45) is 3.77. The third-order valence-corrected chi connectivity index (χ3v) is 4.80. The normalized spacial score (nSPS) is 14.1. The summed E-state index contributed by atoms with van der Waals surface area (Å²) in [6.45, 7) is 1.57. The number of fused-ring (bicyclic) bond motifs is 1. The van der Waals surface area contributed by atoms with Crippen LogP contribution in [0.5, 0.6) is 5.75 Å². The van der Waals surface area contributed by atoms with Crippen molar-refractivity contribution in [3.8, 4) is 16.9 Å². The maximum Gasteiger partial charge on any atom is 0.328 e. The molecule has 1 aliphatic heterocycles. The summed E-state index contributed by atoms with van der Waals surface area (Å²) in [4.78, 5) is 33.6. The maximum atomic E-state index is 12.5. The summed E-state index contributed by atoms with van der Waals surface area (Å²) in [7, 11) is 1.62. The summed E-state index contributed by atoms with van der Waals surface area (Å²) >= 11 is 0. The Hall–Kier alpha value is -3.09. The van der Waals surface area contributed by atoms with Gasteiger partial charge in [-0.2, -0.15) is 0 Å². The zero-order chi connectivity index (χ0) is 18.1. The Morgan fingerprint density at radius 1 is 1.19 bits per heavy atom. The van der Waals surface area contributed by atoms with Gasteiger partial charge in [-0.15, -0.1) is 0 Å². The number of nitrogens with one attached hydrogen (secondary N) is 1. The quantitative estimate of drug-likeness (QED) is 0.779. The number of likely N-dealkylation sites (tertiary alicyclic amines) is 1. The lowest BCUT2D eigenvalue weighted by Crippen LogP contribution is -2.33.